The Labute approximate surface area is 168 Å². The molecule has 1 unspecified atom stereocenters. The van der Waals surface area contributed by atoms with Gasteiger partial charge < -0.3 is 10.6 Å². The molecule has 2 aromatic rings. The van der Waals surface area contributed by atoms with Gasteiger partial charge in [0.2, 0.25) is 0 Å². The minimum Gasteiger partial charge on any atom is -0.339 e. The van der Waals surface area contributed by atoms with Gasteiger partial charge in [0.05, 0.1) is 6.42 Å². The molecule has 0 aromatic heterocycles. The highest BCUT2D eigenvalue weighted by Crippen LogP contribution is 2.11. The first kappa shape index (κ1) is 23.4. The number of amides is 1. The molecule has 0 aliphatic heterocycles. The van der Waals surface area contributed by atoms with E-state index >= 15 is 0 Å². The van der Waals surface area contributed by atoms with Crippen LogP contribution >= 0.6 is 0 Å². The van der Waals surface area contributed by atoms with Crippen LogP contribution in [0.15, 0.2) is 54.6 Å². The summed E-state index contributed by atoms with van der Waals surface area (Å²) in [5.41, 5.74) is 11.0. The highest BCUT2D eigenvalue weighted by atomic mass is 16.7. The molecule has 5 nitrogen and oxygen atoms in total. The van der Waals surface area contributed by atoms with Crippen molar-refractivity contribution < 1.29 is 14.4 Å². The van der Waals surface area contributed by atoms with Crippen LogP contribution in [-0.2, 0) is 33.7 Å². The average Bonchev–Trinajstić information content (AvgIpc) is 2.72. The fourth-order valence-electron chi connectivity index (χ4n) is 2.55. The van der Waals surface area contributed by atoms with Gasteiger partial charge in [-0.2, -0.15) is 5.48 Å². The minimum atomic E-state index is -0.767. The van der Waals surface area contributed by atoms with Crippen molar-refractivity contribution in [2.75, 3.05) is 0 Å². The number of aryl methyl sites for hydroxylation is 2. The van der Waals surface area contributed by atoms with Gasteiger partial charge in [-0.15, -0.1) is 0 Å². The van der Waals surface area contributed by atoms with E-state index in [0.29, 0.717) is 0 Å². The van der Waals surface area contributed by atoms with Crippen LogP contribution in [0.3, 0.4) is 0 Å². The van der Waals surface area contributed by atoms with E-state index in [-0.39, 0.29) is 12.3 Å². The molecule has 152 valence electrons. The van der Waals surface area contributed by atoms with Crippen molar-refractivity contribution in [3.05, 3.63) is 71.3 Å². The van der Waals surface area contributed by atoms with E-state index in [4.69, 9.17) is 5.73 Å². The second-order valence-corrected chi connectivity index (χ2v) is 6.42. The molecule has 0 aliphatic carbocycles. The van der Waals surface area contributed by atoms with E-state index in [9.17, 15) is 9.59 Å². The van der Waals surface area contributed by atoms with Gasteiger partial charge in [0, 0.05) is 0 Å². The number of rotatable bonds is 8. The summed E-state index contributed by atoms with van der Waals surface area (Å²) in [7, 11) is 0. The monoisotopic (exact) mass is 384 g/mol. The lowest BCUT2D eigenvalue weighted by molar-refractivity contribution is -0.158. The van der Waals surface area contributed by atoms with E-state index in [1.165, 1.54) is 18.1 Å². The number of hydrogen-bond donors (Lipinski definition) is 2. The van der Waals surface area contributed by atoms with E-state index in [1.807, 2.05) is 44.2 Å². The number of nitrogens with two attached hydrogens (primary N) is 1. The minimum absolute atomic E-state index is 0.153. The summed E-state index contributed by atoms with van der Waals surface area (Å²) in [5, 5.41) is 0. The largest absolute Gasteiger partial charge is 0.348 e. The molecule has 0 fully saturated rings. The van der Waals surface area contributed by atoms with Gasteiger partial charge in [0.1, 0.15) is 6.04 Å². The second-order valence-electron chi connectivity index (χ2n) is 6.42. The summed E-state index contributed by atoms with van der Waals surface area (Å²) >= 11 is 0. The van der Waals surface area contributed by atoms with Gasteiger partial charge in [-0.3, -0.25) is 4.79 Å². The van der Waals surface area contributed by atoms with Gasteiger partial charge in [0.15, 0.2) is 0 Å². The molecule has 0 saturated carbocycles. The third-order valence-corrected chi connectivity index (χ3v) is 4.05. The number of carbonyl (C=O) groups is 2. The Kier molecular flexibility index (Phi) is 11.3. The van der Waals surface area contributed by atoms with Crippen LogP contribution in [0.2, 0.25) is 0 Å². The average molecular weight is 385 g/mol. The van der Waals surface area contributed by atoms with Crippen molar-refractivity contribution in [1.82, 2.24) is 5.48 Å². The molecule has 0 radical (unpaired) electrons. The quantitative estimate of drug-likeness (QED) is 0.537. The van der Waals surface area contributed by atoms with Crippen LogP contribution in [0.5, 0.6) is 0 Å². The van der Waals surface area contributed by atoms with Crippen LogP contribution in [0, 0.1) is 0 Å². The van der Waals surface area contributed by atoms with Gasteiger partial charge in [-0.05, 0) is 49.3 Å². The van der Waals surface area contributed by atoms with Gasteiger partial charge in [0.25, 0.3) is 5.91 Å². The Bertz CT molecular complexity index is 698. The maximum atomic E-state index is 11.7. The molecule has 0 aliphatic rings. The second kappa shape index (κ2) is 13.5. The zero-order valence-corrected chi connectivity index (χ0v) is 17.1. The first-order chi connectivity index (χ1) is 13.5. The van der Waals surface area contributed by atoms with Gasteiger partial charge >= 0.3 is 5.97 Å². The van der Waals surface area contributed by atoms with E-state index < -0.39 is 12.0 Å². The SMILES string of the molecule is CC.CC(N)C(=O)ONC(=O)Cc1ccc(CCCCc2ccccc2)cc1. The Hall–Kier alpha value is -2.66. The first-order valence-electron chi connectivity index (χ1n) is 9.91. The lowest BCUT2D eigenvalue weighted by atomic mass is 10.0. The molecule has 2 rings (SSSR count). The molecule has 5 heteroatoms. The maximum absolute atomic E-state index is 11.7. The number of hydrogen-bond acceptors (Lipinski definition) is 4. The molecule has 3 N–H and O–H groups in total. The molecular formula is C23H32N2O3. The summed E-state index contributed by atoms with van der Waals surface area (Å²) in [4.78, 5) is 27.5. The molecular weight excluding hydrogens is 352 g/mol. The zero-order chi connectivity index (χ0) is 20.8. The lowest BCUT2D eigenvalue weighted by Crippen LogP contribution is -2.36. The highest BCUT2D eigenvalue weighted by Gasteiger charge is 2.11. The Morgan fingerprint density at radius 2 is 1.39 bits per heavy atom. The number of nitrogens with one attached hydrogen (secondary N) is 1. The van der Waals surface area contributed by atoms with Crippen LogP contribution < -0.4 is 11.2 Å². The number of benzene rings is 2. The fraction of sp³-hybridized carbons (Fsp3) is 0.391. The summed E-state index contributed by atoms with van der Waals surface area (Å²) in [6.45, 7) is 5.49. The van der Waals surface area contributed by atoms with Crippen LogP contribution in [0.4, 0.5) is 0 Å². The topological polar surface area (TPSA) is 81.4 Å². The first-order valence-corrected chi connectivity index (χ1v) is 9.91. The van der Waals surface area contributed by atoms with E-state index in [0.717, 1.165) is 31.2 Å². The Balaban J connectivity index is 0.00000190. The lowest BCUT2D eigenvalue weighted by Gasteiger charge is -2.08. The standard InChI is InChI=1S/C21H26N2O3.C2H6/c1-16(22)21(25)26-23-20(24)15-19-13-11-18(12-14-19)10-6-5-9-17-7-3-2-4-8-17;1-2/h2-4,7-8,11-14,16H,5-6,9-10,15,22H2,1H3,(H,23,24);1-2H3. The van der Waals surface area contributed by atoms with Crippen molar-refractivity contribution in [1.29, 1.82) is 0 Å². The molecule has 28 heavy (non-hydrogen) atoms. The highest BCUT2D eigenvalue weighted by molar-refractivity contribution is 5.81. The zero-order valence-electron chi connectivity index (χ0n) is 17.1. The molecule has 0 bridgehead atoms. The van der Waals surface area contributed by atoms with Gasteiger partial charge in [-0.25, -0.2) is 4.79 Å². The van der Waals surface area contributed by atoms with Gasteiger partial charge in [-0.1, -0.05) is 68.4 Å². The third-order valence-electron chi connectivity index (χ3n) is 4.05. The molecule has 0 saturated heterocycles. The Morgan fingerprint density at radius 3 is 1.93 bits per heavy atom. The molecule has 1 atom stereocenters. The summed E-state index contributed by atoms with van der Waals surface area (Å²) in [6, 6.07) is 17.7. The predicted octanol–water partition coefficient (Wildman–Crippen LogP) is 3.74. The van der Waals surface area contributed by atoms with E-state index in [1.54, 1.807) is 0 Å². The van der Waals surface area contributed by atoms with Crippen molar-refractivity contribution >= 4 is 11.9 Å². The van der Waals surface area contributed by atoms with Crippen molar-refractivity contribution in [2.45, 2.75) is 58.9 Å². The van der Waals surface area contributed by atoms with E-state index in [2.05, 4.69) is 34.6 Å². The number of hydroxylamine groups is 1. The summed E-state index contributed by atoms with van der Waals surface area (Å²) < 4.78 is 0. The Morgan fingerprint density at radius 1 is 0.893 bits per heavy atom. The number of carbonyl (C=O) groups excluding carboxylic acids is 2. The van der Waals surface area contributed by atoms with Crippen molar-refractivity contribution in [2.24, 2.45) is 5.73 Å². The van der Waals surface area contributed by atoms with Crippen LogP contribution in [0.25, 0.3) is 0 Å². The summed E-state index contributed by atoms with van der Waals surface area (Å²) in [6.07, 6.45) is 4.55. The van der Waals surface area contributed by atoms with Crippen LogP contribution in [0.1, 0.15) is 50.3 Å². The molecule has 2 aromatic carbocycles. The van der Waals surface area contributed by atoms with Crippen molar-refractivity contribution in [3.63, 3.8) is 0 Å². The van der Waals surface area contributed by atoms with Crippen LogP contribution in [-0.4, -0.2) is 17.9 Å². The molecule has 1 amide bonds. The fourth-order valence-corrected chi connectivity index (χ4v) is 2.55. The summed E-state index contributed by atoms with van der Waals surface area (Å²) in [5.74, 6) is -1.04. The predicted molar refractivity (Wildman–Crippen MR) is 112 cm³/mol. The third kappa shape index (κ3) is 9.33. The maximum Gasteiger partial charge on any atom is 0.348 e. The number of unbranched alkanes of at least 4 members (excludes halogenated alkanes) is 1. The van der Waals surface area contributed by atoms with Crippen molar-refractivity contribution in [3.8, 4) is 0 Å². The smallest absolute Gasteiger partial charge is 0.339 e. The normalized spacial score (nSPS) is 11.0. The molecule has 0 heterocycles. The molecule has 0 spiro atoms.